The number of nitrogen functional groups attached to an aromatic ring is 1. The van der Waals surface area contributed by atoms with Crippen molar-refractivity contribution in [3.8, 4) is 0 Å². The van der Waals surface area contributed by atoms with Gasteiger partial charge < -0.3 is 10.6 Å². The van der Waals surface area contributed by atoms with Gasteiger partial charge >= 0.3 is 0 Å². The van der Waals surface area contributed by atoms with Crippen LogP contribution in [0.25, 0.3) is 0 Å². The van der Waals surface area contributed by atoms with Crippen LogP contribution >= 0.6 is 0 Å². The summed E-state index contributed by atoms with van der Waals surface area (Å²) in [5, 5.41) is 0. The molecule has 1 aromatic rings. The van der Waals surface area contributed by atoms with Crippen molar-refractivity contribution in [1.29, 1.82) is 0 Å². The highest BCUT2D eigenvalue weighted by atomic mass is 16.2. The van der Waals surface area contributed by atoms with E-state index >= 15 is 0 Å². The lowest BCUT2D eigenvalue weighted by Gasteiger charge is -2.29. The van der Waals surface area contributed by atoms with Gasteiger partial charge in [-0.05, 0) is 36.6 Å². The lowest BCUT2D eigenvalue weighted by atomic mass is 9.98. The minimum atomic E-state index is 0.210. The predicted octanol–water partition coefficient (Wildman–Crippen LogP) is 1.50. The standard InChI is InChI=1S/C15H23N3O/c1-17(2)15(19)7-4-9-18-10-8-13-12(11-18)5-3-6-14(13)16/h3,5-6H,4,7-11,16H2,1-2H3. The van der Waals surface area contributed by atoms with Crippen molar-refractivity contribution >= 4 is 11.6 Å². The molecule has 2 N–H and O–H groups in total. The molecule has 4 nitrogen and oxygen atoms in total. The first-order valence-corrected chi connectivity index (χ1v) is 6.86. The Balaban J connectivity index is 1.84. The fraction of sp³-hybridized carbons (Fsp3) is 0.533. The average Bonchev–Trinajstić information content (AvgIpc) is 2.38. The molecule has 2 rings (SSSR count). The van der Waals surface area contributed by atoms with E-state index in [-0.39, 0.29) is 5.91 Å². The Bertz CT molecular complexity index is 457. The van der Waals surface area contributed by atoms with E-state index in [2.05, 4.69) is 11.0 Å². The molecule has 0 atom stereocenters. The zero-order chi connectivity index (χ0) is 13.8. The number of amides is 1. The lowest BCUT2D eigenvalue weighted by Crippen LogP contribution is -2.32. The molecule has 0 fully saturated rings. The molecule has 4 heteroatoms. The Morgan fingerprint density at radius 1 is 1.42 bits per heavy atom. The summed E-state index contributed by atoms with van der Waals surface area (Å²) in [5.74, 6) is 0.210. The number of benzene rings is 1. The highest BCUT2D eigenvalue weighted by Crippen LogP contribution is 2.24. The maximum Gasteiger partial charge on any atom is 0.222 e. The summed E-state index contributed by atoms with van der Waals surface area (Å²) in [4.78, 5) is 15.6. The molecule has 0 aliphatic carbocycles. The van der Waals surface area contributed by atoms with Crippen molar-refractivity contribution in [3.63, 3.8) is 0 Å². The number of hydrogen-bond acceptors (Lipinski definition) is 3. The van der Waals surface area contributed by atoms with Crippen LogP contribution in [0.15, 0.2) is 18.2 Å². The molecular formula is C15H23N3O. The van der Waals surface area contributed by atoms with E-state index < -0.39 is 0 Å². The molecule has 1 amide bonds. The Morgan fingerprint density at radius 3 is 2.95 bits per heavy atom. The van der Waals surface area contributed by atoms with Crippen molar-refractivity contribution in [3.05, 3.63) is 29.3 Å². The molecule has 1 aliphatic rings. The van der Waals surface area contributed by atoms with Crippen molar-refractivity contribution in [1.82, 2.24) is 9.80 Å². The third kappa shape index (κ3) is 3.47. The molecule has 1 aromatic carbocycles. The van der Waals surface area contributed by atoms with Gasteiger partial charge in [0.15, 0.2) is 0 Å². The predicted molar refractivity (Wildman–Crippen MR) is 77.8 cm³/mol. The molecule has 0 saturated heterocycles. The molecule has 0 saturated carbocycles. The Kier molecular flexibility index (Phi) is 4.43. The molecule has 0 bridgehead atoms. The van der Waals surface area contributed by atoms with Gasteiger partial charge in [0.05, 0.1) is 0 Å². The summed E-state index contributed by atoms with van der Waals surface area (Å²) in [6.45, 7) is 2.97. The van der Waals surface area contributed by atoms with Crippen LogP contribution in [0.5, 0.6) is 0 Å². The third-order valence-electron chi connectivity index (χ3n) is 3.75. The second kappa shape index (κ2) is 6.06. The number of carbonyl (C=O) groups is 1. The molecule has 0 spiro atoms. The first-order valence-electron chi connectivity index (χ1n) is 6.86. The van der Waals surface area contributed by atoms with E-state index in [9.17, 15) is 4.79 Å². The van der Waals surface area contributed by atoms with Gasteiger partial charge in [0.2, 0.25) is 5.91 Å². The van der Waals surface area contributed by atoms with Crippen LogP contribution in [0.2, 0.25) is 0 Å². The second-order valence-electron chi connectivity index (χ2n) is 5.40. The van der Waals surface area contributed by atoms with Crippen LogP contribution in [-0.2, 0) is 17.8 Å². The maximum absolute atomic E-state index is 11.5. The fourth-order valence-corrected chi connectivity index (χ4v) is 2.57. The van der Waals surface area contributed by atoms with Crippen molar-refractivity contribution < 1.29 is 4.79 Å². The van der Waals surface area contributed by atoms with Crippen LogP contribution in [-0.4, -0.2) is 42.9 Å². The Morgan fingerprint density at radius 2 is 2.21 bits per heavy atom. The minimum Gasteiger partial charge on any atom is -0.398 e. The summed E-state index contributed by atoms with van der Waals surface area (Å²) >= 11 is 0. The third-order valence-corrected chi connectivity index (χ3v) is 3.75. The molecule has 1 aliphatic heterocycles. The Hall–Kier alpha value is -1.55. The maximum atomic E-state index is 11.5. The summed E-state index contributed by atoms with van der Waals surface area (Å²) in [6, 6.07) is 6.15. The van der Waals surface area contributed by atoms with Crippen LogP contribution in [0.4, 0.5) is 5.69 Å². The van der Waals surface area contributed by atoms with Crippen LogP contribution in [0, 0.1) is 0 Å². The van der Waals surface area contributed by atoms with Gasteiger partial charge in [-0.25, -0.2) is 0 Å². The molecule has 0 radical (unpaired) electrons. The van der Waals surface area contributed by atoms with Crippen molar-refractivity contribution in [2.24, 2.45) is 0 Å². The van der Waals surface area contributed by atoms with E-state index in [0.29, 0.717) is 6.42 Å². The topological polar surface area (TPSA) is 49.6 Å². The fourth-order valence-electron chi connectivity index (χ4n) is 2.57. The van der Waals surface area contributed by atoms with E-state index in [1.54, 1.807) is 4.90 Å². The van der Waals surface area contributed by atoms with Gasteiger partial charge in [0.25, 0.3) is 0 Å². The van der Waals surface area contributed by atoms with E-state index in [1.165, 1.54) is 11.1 Å². The minimum absolute atomic E-state index is 0.210. The first kappa shape index (κ1) is 13.9. The smallest absolute Gasteiger partial charge is 0.222 e. The molecule has 1 heterocycles. The molecule has 19 heavy (non-hydrogen) atoms. The number of hydrogen-bond donors (Lipinski definition) is 1. The van der Waals surface area contributed by atoms with Crippen molar-refractivity contribution in [2.75, 3.05) is 32.9 Å². The van der Waals surface area contributed by atoms with Gasteiger partial charge in [-0.3, -0.25) is 9.69 Å². The van der Waals surface area contributed by atoms with E-state index in [0.717, 1.165) is 38.2 Å². The zero-order valence-electron chi connectivity index (χ0n) is 11.9. The second-order valence-corrected chi connectivity index (χ2v) is 5.40. The highest BCUT2D eigenvalue weighted by Gasteiger charge is 2.17. The summed E-state index contributed by atoms with van der Waals surface area (Å²) in [6.07, 6.45) is 2.57. The van der Waals surface area contributed by atoms with Crippen LogP contribution in [0.3, 0.4) is 0 Å². The first-order chi connectivity index (χ1) is 9.08. The van der Waals surface area contributed by atoms with Gasteiger partial charge in [0, 0.05) is 39.3 Å². The Labute approximate surface area is 115 Å². The molecule has 104 valence electrons. The normalized spacial score (nSPS) is 15.1. The van der Waals surface area contributed by atoms with Crippen LogP contribution < -0.4 is 5.73 Å². The van der Waals surface area contributed by atoms with E-state index in [4.69, 9.17) is 5.73 Å². The highest BCUT2D eigenvalue weighted by molar-refractivity contribution is 5.75. The van der Waals surface area contributed by atoms with Crippen molar-refractivity contribution in [2.45, 2.75) is 25.8 Å². The summed E-state index contributed by atoms with van der Waals surface area (Å²) in [7, 11) is 3.62. The number of nitrogens with two attached hydrogens (primary N) is 1. The van der Waals surface area contributed by atoms with Gasteiger partial charge in [-0.2, -0.15) is 0 Å². The van der Waals surface area contributed by atoms with Crippen LogP contribution in [0.1, 0.15) is 24.0 Å². The molecular weight excluding hydrogens is 238 g/mol. The SMILES string of the molecule is CN(C)C(=O)CCCN1CCc2c(N)cccc2C1. The summed E-state index contributed by atoms with van der Waals surface area (Å²) < 4.78 is 0. The number of anilines is 1. The number of carbonyl (C=O) groups excluding carboxylic acids is 1. The lowest BCUT2D eigenvalue weighted by molar-refractivity contribution is -0.128. The van der Waals surface area contributed by atoms with Gasteiger partial charge in [-0.15, -0.1) is 0 Å². The molecule has 0 unspecified atom stereocenters. The number of fused-ring (bicyclic) bond motifs is 1. The average molecular weight is 261 g/mol. The monoisotopic (exact) mass is 261 g/mol. The van der Waals surface area contributed by atoms with Gasteiger partial charge in [0.1, 0.15) is 0 Å². The van der Waals surface area contributed by atoms with E-state index in [1.807, 2.05) is 26.2 Å². The zero-order valence-corrected chi connectivity index (χ0v) is 11.9. The largest absolute Gasteiger partial charge is 0.398 e. The molecule has 0 aromatic heterocycles. The quantitative estimate of drug-likeness (QED) is 0.836. The summed E-state index contributed by atoms with van der Waals surface area (Å²) in [5.41, 5.74) is 9.55. The number of rotatable bonds is 4. The number of nitrogens with zero attached hydrogens (tertiary/aromatic N) is 2. The van der Waals surface area contributed by atoms with Gasteiger partial charge in [-0.1, -0.05) is 12.1 Å².